The summed E-state index contributed by atoms with van der Waals surface area (Å²) in [6, 6.07) is 0. The number of amides is 2. The van der Waals surface area contributed by atoms with Gasteiger partial charge >= 0.3 is 0 Å². The molecule has 1 aromatic heterocycles. The highest BCUT2D eigenvalue weighted by Crippen LogP contribution is 2.24. The summed E-state index contributed by atoms with van der Waals surface area (Å²) in [5.41, 5.74) is 6.04. The minimum absolute atomic E-state index is 0.169. The van der Waals surface area contributed by atoms with Crippen LogP contribution < -0.4 is 5.73 Å². The third-order valence-electron chi connectivity index (χ3n) is 3.13. The van der Waals surface area contributed by atoms with Crippen LogP contribution in [-0.4, -0.2) is 34.8 Å². The lowest BCUT2D eigenvalue weighted by Crippen LogP contribution is -2.38. The lowest BCUT2D eigenvalue weighted by molar-refractivity contribution is -0.143. The van der Waals surface area contributed by atoms with Crippen LogP contribution in [0.3, 0.4) is 0 Å². The van der Waals surface area contributed by atoms with Crippen molar-refractivity contribution < 1.29 is 14.0 Å². The number of nitrogens with two attached hydrogens (primary N) is 1. The number of hydrogen-bond donors (Lipinski definition) is 1. The summed E-state index contributed by atoms with van der Waals surface area (Å²) in [6.45, 7) is 9.80. The number of aryl methyl sites for hydroxylation is 2. The maximum Gasteiger partial charge on any atom is 0.229 e. The average Bonchev–Trinajstić information content (AvgIpc) is 2.74. The van der Waals surface area contributed by atoms with E-state index in [0.717, 1.165) is 5.69 Å². The second-order valence-corrected chi connectivity index (χ2v) is 6.13. The van der Waals surface area contributed by atoms with E-state index in [1.54, 1.807) is 0 Å². The largest absolute Gasteiger partial charge is 0.445 e. The minimum atomic E-state index is -0.282. The molecule has 0 aliphatic rings. The molecule has 2 amide bonds. The van der Waals surface area contributed by atoms with Crippen LogP contribution in [0.2, 0.25) is 0 Å². The van der Waals surface area contributed by atoms with Crippen molar-refractivity contribution in [2.24, 2.45) is 5.73 Å². The molecule has 118 valence electrons. The molecule has 0 unspecified atom stereocenters. The zero-order valence-electron chi connectivity index (χ0n) is 13.5. The fourth-order valence-electron chi connectivity index (χ4n) is 1.92. The fourth-order valence-corrected chi connectivity index (χ4v) is 1.92. The Morgan fingerprint density at radius 2 is 1.95 bits per heavy atom. The zero-order valence-corrected chi connectivity index (χ0v) is 13.5. The molecule has 2 N–H and O–H groups in total. The van der Waals surface area contributed by atoms with Crippen molar-refractivity contribution in [3.05, 3.63) is 17.3 Å². The molecular weight excluding hydrogens is 270 g/mol. The molecule has 0 atom stereocenters. The summed E-state index contributed by atoms with van der Waals surface area (Å²) < 4.78 is 5.74. The predicted molar refractivity (Wildman–Crippen MR) is 79.7 cm³/mol. The zero-order chi connectivity index (χ0) is 16.2. The quantitative estimate of drug-likeness (QED) is 0.890. The summed E-state index contributed by atoms with van der Waals surface area (Å²) >= 11 is 0. The van der Waals surface area contributed by atoms with Crippen LogP contribution in [-0.2, 0) is 21.4 Å². The highest BCUT2D eigenvalue weighted by molar-refractivity contribution is 5.94. The summed E-state index contributed by atoms with van der Waals surface area (Å²) in [4.78, 5) is 29.0. The molecule has 0 aromatic carbocycles. The summed E-state index contributed by atoms with van der Waals surface area (Å²) in [5, 5.41) is 0. The first-order valence-corrected chi connectivity index (χ1v) is 7.14. The molecule has 0 bridgehead atoms. The number of imide groups is 1. The Labute approximate surface area is 125 Å². The van der Waals surface area contributed by atoms with Crippen molar-refractivity contribution in [3.8, 4) is 0 Å². The molecule has 0 saturated heterocycles. The summed E-state index contributed by atoms with van der Waals surface area (Å²) in [5.74, 6) is 0.841. The van der Waals surface area contributed by atoms with Gasteiger partial charge in [-0.2, -0.15) is 0 Å². The van der Waals surface area contributed by atoms with Crippen LogP contribution in [0.15, 0.2) is 4.42 Å². The van der Waals surface area contributed by atoms with Crippen LogP contribution in [0.5, 0.6) is 0 Å². The lowest BCUT2D eigenvalue weighted by atomic mass is 9.97. The molecule has 1 aromatic rings. The van der Waals surface area contributed by atoms with E-state index in [1.165, 1.54) is 11.8 Å². The van der Waals surface area contributed by atoms with Crippen LogP contribution >= 0.6 is 0 Å². The highest BCUT2D eigenvalue weighted by atomic mass is 16.4. The van der Waals surface area contributed by atoms with E-state index in [0.29, 0.717) is 18.1 Å². The fraction of sp³-hybridized carbons (Fsp3) is 0.667. The highest BCUT2D eigenvalue weighted by Gasteiger charge is 2.23. The van der Waals surface area contributed by atoms with Gasteiger partial charge in [0.15, 0.2) is 5.89 Å². The molecule has 0 spiro atoms. The van der Waals surface area contributed by atoms with Gasteiger partial charge in [0.25, 0.3) is 0 Å². The Kier molecular flexibility index (Phi) is 5.66. The predicted octanol–water partition coefficient (Wildman–Crippen LogP) is 1.55. The topological polar surface area (TPSA) is 89.4 Å². The molecule has 21 heavy (non-hydrogen) atoms. The van der Waals surface area contributed by atoms with Crippen LogP contribution in [0.1, 0.15) is 51.5 Å². The second-order valence-electron chi connectivity index (χ2n) is 6.13. The van der Waals surface area contributed by atoms with Crippen molar-refractivity contribution in [1.82, 2.24) is 9.88 Å². The van der Waals surface area contributed by atoms with E-state index < -0.39 is 0 Å². The van der Waals surface area contributed by atoms with Gasteiger partial charge in [-0.15, -0.1) is 0 Å². The number of aromatic nitrogens is 1. The van der Waals surface area contributed by atoms with E-state index in [1.807, 2.05) is 27.7 Å². The van der Waals surface area contributed by atoms with Gasteiger partial charge in [-0.25, -0.2) is 4.98 Å². The third kappa shape index (κ3) is 4.67. The van der Waals surface area contributed by atoms with E-state index in [9.17, 15) is 9.59 Å². The Bertz CT molecular complexity index is 515. The van der Waals surface area contributed by atoms with Gasteiger partial charge in [0.2, 0.25) is 11.8 Å². The van der Waals surface area contributed by atoms with E-state index >= 15 is 0 Å². The van der Waals surface area contributed by atoms with Gasteiger partial charge in [0.05, 0.1) is 5.69 Å². The standard InChI is InChI=1S/C15H25N3O3/c1-10-12(21-14(17-10)15(3,4)5)6-7-13(20)18(9-8-16)11(2)19/h6-9,16H2,1-5H3. The third-order valence-corrected chi connectivity index (χ3v) is 3.13. The van der Waals surface area contributed by atoms with Crippen molar-refractivity contribution in [1.29, 1.82) is 0 Å². The average molecular weight is 295 g/mol. The van der Waals surface area contributed by atoms with Crippen molar-refractivity contribution in [3.63, 3.8) is 0 Å². The molecule has 1 rings (SSSR count). The lowest BCUT2D eigenvalue weighted by Gasteiger charge is -2.17. The first-order valence-electron chi connectivity index (χ1n) is 7.14. The van der Waals surface area contributed by atoms with Crippen LogP contribution in [0.4, 0.5) is 0 Å². The first-order chi connectivity index (χ1) is 9.66. The number of nitrogens with zero attached hydrogens (tertiary/aromatic N) is 2. The number of oxazole rings is 1. The van der Waals surface area contributed by atoms with Crippen molar-refractivity contribution in [2.75, 3.05) is 13.1 Å². The molecular formula is C15H25N3O3. The Morgan fingerprint density at radius 1 is 1.33 bits per heavy atom. The molecule has 0 fully saturated rings. The Balaban J connectivity index is 2.73. The summed E-state index contributed by atoms with van der Waals surface area (Å²) in [6.07, 6.45) is 0.640. The normalized spacial score (nSPS) is 11.5. The smallest absolute Gasteiger partial charge is 0.229 e. The van der Waals surface area contributed by atoms with E-state index in [4.69, 9.17) is 10.2 Å². The van der Waals surface area contributed by atoms with Gasteiger partial charge in [-0.05, 0) is 6.92 Å². The molecule has 0 aliphatic heterocycles. The maximum atomic E-state index is 12.1. The Morgan fingerprint density at radius 3 is 2.38 bits per heavy atom. The van der Waals surface area contributed by atoms with Crippen molar-refractivity contribution >= 4 is 11.8 Å². The van der Waals surface area contributed by atoms with E-state index in [2.05, 4.69) is 4.98 Å². The number of rotatable bonds is 5. The monoisotopic (exact) mass is 295 g/mol. The molecule has 0 saturated carbocycles. The van der Waals surface area contributed by atoms with Crippen LogP contribution in [0.25, 0.3) is 0 Å². The van der Waals surface area contributed by atoms with Crippen molar-refractivity contribution in [2.45, 2.75) is 52.9 Å². The van der Waals surface area contributed by atoms with Crippen LogP contribution in [0, 0.1) is 6.92 Å². The number of carbonyl (C=O) groups is 2. The molecule has 0 radical (unpaired) electrons. The SMILES string of the molecule is CC(=O)N(CCN)C(=O)CCc1oc(C(C)(C)C)nc1C. The molecule has 6 heteroatoms. The van der Waals surface area contributed by atoms with Gasteiger partial charge in [0.1, 0.15) is 5.76 Å². The van der Waals surface area contributed by atoms with Gasteiger partial charge in [-0.1, -0.05) is 20.8 Å². The minimum Gasteiger partial charge on any atom is -0.445 e. The van der Waals surface area contributed by atoms with Gasteiger partial charge in [0, 0.05) is 38.3 Å². The number of carbonyl (C=O) groups excluding carboxylic acids is 2. The molecule has 1 heterocycles. The summed E-state index contributed by atoms with van der Waals surface area (Å²) in [7, 11) is 0. The molecule has 6 nitrogen and oxygen atoms in total. The number of hydrogen-bond acceptors (Lipinski definition) is 5. The first kappa shape index (κ1) is 17.4. The maximum absolute atomic E-state index is 12.1. The Hall–Kier alpha value is -1.69. The van der Waals surface area contributed by atoms with E-state index in [-0.39, 0.29) is 36.7 Å². The molecule has 0 aliphatic carbocycles. The van der Waals surface area contributed by atoms with Gasteiger partial charge in [-0.3, -0.25) is 14.5 Å². The second kappa shape index (κ2) is 6.85. The van der Waals surface area contributed by atoms with Gasteiger partial charge < -0.3 is 10.2 Å².